The van der Waals surface area contributed by atoms with E-state index in [-0.39, 0.29) is 17.3 Å². The normalized spacial score (nSPS) is 11.8. The highest BCUT2D eigenvalue weighted by molar-refractivity contribution is 6.04. The number of amides is 1. The second-order valence-electron chi connectivity index (χ2n) is 5.33. The zero-order chi connectivity index (χ0) is 16.3. The van der Waals surface area contributed by atoms with Gasteiger partial charge in [-0.25, -0.2) is 4.39 Å². The molecule has 0 bridgehead atoms. The van der Waals surface area contributed by atoms with Gasteiger partial charge >= 0.3 is 0 Å². The second kappa shape index (κ2) is 6.52. The van der Waals surface area contributed by atoms with Gasteiger partial charge in [0.05, 0.1) is 6.04 Å². The van der Waals surface area contributed by atoms with Crippen molar-refractivity contribution in [2.24, 2.45) is 0 Å². The predicted octanol–water partition coefficient (Wildman–Crippen LogP) is 3.48. The van der Waals surface area contributed by atoms with Gasteiger partial charge in [0.15, 0.2) is 5.78 Å². The van der Waals surface area contributed by atoms with E-state index in [1.165, 1.54) is 29.2 Å². The van der Waals surface area contributed by atoms with Crippen molar-refractivity contribution < 1.29 is 14.0 Å². The molecule has 114 valence electrons. The third-order valence-corrected chi connectivity index (χ3v) is 3.69. The minimum absolute atomic E-state index is 0.146. The third-order valence-electron chi connectivity index (χ3n) is 3.69. The molecule has 0 saturated carbocycles. The lowest BCUT2D eigenvalue weighted by atomic mass is 10.0. The van der Waals surface area contributed by atoms with Gasteiger partial charge in [0.1, 0.15) is 5.82 Å². The number of carbonyl (C=O) groups is 2. The molecule has 1 amide bonds. The van der Waals surface area contributed by atoms with Crippen molar-refractivity contribution in [3.8, 4) is 0 Å². The number of aryl methyl sites for hydroxylation is 1. The van der Waals surface area contributed by atoms with Crippen molar-refractivity contribution in [2.45, 2.75) is 19.9 Å². The van der Waals surface area contributed by atoms with Crippen molar-refractivity contribution >= 4 is 11.7 Å². The fourth-order valence-corrected chi connectivity index (χ4v) is 2.14. The van der Waals surface area contributed by atoms with Crippen LogP contribution in [0, 0.1) is 12.7 Å². The van der Waals surface area contributed by atoms with Crippen LogP contribution < -0.4 is 0 Å². The van der Waals surface area contributed by atoms with Crippen LogP contribution in [0.4, 0.5) is 4.39 Å². The number of ketones is 1. The first kappa shape index (κ1) is 15.9. The van der Waals surface area contributed by atoms with E-state index < -0.39 is 11.9 Å². The second-order valence-corrected chi connectivity index (χ2v) is 5.33. The number of likely N-dealkylation sites (N-methyl/N-ethyl adjacent to an activating group) is 1. The highest BCUT2D eigenvalue weighted by Gasteiger charge is 2.24. The Balaban J connectivity index is 2.17. The molecule has 2 aromatic rings. The van der Waals surface area contributed by atoms with Gasteiger partial charge in [0.2, 0.25) is 0 Å². The highest BCUT2D eigenvalue weighted by atomic mass is 19.1. The average Bonchev–Trinajstić information content (AvgIpc) is 2.52. The summed E-state index contributed by atoms with van der Waals surface area (Å²) in [5, 5.41) is 0. The van der Waals surface area contributed by atoms with Crippen LogP contribution in [0.1, 0.15) is 33.2 Å². The summed E-state index contributed by atoms with van der Waals surface area (Å²) in [6.45, 7) is 3.61. The van der Waals surface area contributed by atoms with E-state index in [1.54, 1.807) is 26.1 Å². The molecule has 0 spiro atoms. The Hall–Kier alpha value is -2.49. The monoisotopic (exact) mass is 299 g/mol. The zero-order valence-electron chi connectivity index (χ0n) is 12.8. The van der Waals surface area contributed by atoms with E-state index in [0.717, 1.165) is 5.56 Å². The highest BCUT2D eigenvalue weighted by Crippen LogP contribution is 2.13. The largest absolute Gasteiger partial charge is 0.332 e. The number of carbonyl (C=O) groups excluding carboxylic acids is 2. The maximum absolute atomic E-state index is 13.2. The van der Waals surface area contributed by atoms with Crippen molar-refractivity contribution in [3.05, 3.63) is 71.0 Å². The van der Waals surface area contributed by atoms with Gasteiger partial charge in [-0.15, -0.1) is 0 Å². The molecular formula is C18H18FNO2. The van der Waals surface area contributed by atoms with Gasteiger partial charge in [0.25, 0.3) is 5.91 Å². The van der Waals surface area contributed by atoms with E-state index >= 15 is 0 Å². The molecule has 3 nitrogen and oxygen atoms in total. The Kier molecular flexibility index (Phi) is 4.71. The van der Waals surface area contributed by atoms with Crippen LogP contribution in [0.2, 0.25) is 0 Å². The number of hydrogen-bond donors (Lipinski definition) is 0. The number of nitrogens with zero attached hydrogens (tertiary/aromatic N) is 1. The van der Waals surface area contributed by atoms with Crippen LogP contribution in [0.25, 0.3) is 0 Å². The van der Waals surface area contributed by atoms with Crippen molar-refractivity contribution in [1.29, 1.82) is 0 Å². The van der Waals surface area contributed by atoms with Gasteiger partial charge in [-0.05, 0) is 32.0 Å². The SMILES string of the molecule is Cc1ccc(C(=O)C(C)N(C)C(=O)c2cccc(F)c2)cc1. The Labute approximate surface area is 129 Å². The first-order chi connectivity index (χ1) is 10.4. The molecule has 0 N–H and O–H groups in total. The summed E-state index contributed by atoms with van der Waals surface area (Å²) in [5.74, 6) is -1.00. The predicted molar refractivity (Wildman–Crippen MR) is 83.5 cm³/mol. The van der Waals surface area contributed by atoms with Crippen LogP contribution in [0.5, 0.6) is 0 Å². The van der Waals surface area contributed by atoms with Crippen molar-refractivity contribution in [1.82, 2.24) is 4.90 Å². The molecule has 0 saturated heterocycles. The van der Waals surface area contributed by atoms with Crippen LogP contribution in [0.3, 0.4) is 0 Å². The maximum atomic E-state index is 13.2. The lowest BCUT2D eigenvalue weighted by molar-refractivity contribution is 0.0674. The lowest BCUT2D eigenvalue weighted by Gasteiger charge is -2.24. The molecule has 0 aliphatic carbocycles. The zero-order valence-corrected chi connectivity index (χ0v) is 12.8. The standard InChI is InChI=1S/C18H18FNO2/c1-12-7-9-14(10-8-12)17(21)13(2)20(3)18(22)15-5-4-6-16(19)11-15/h4-11,13H,1-3H3. The molecule has 0 aromatic heterocycles. The number of benzene rings is 2. The minimum atomic E-state index is -0.626. The Morgan fingerprint density at radius 1 is 1.05 bits per heavy atom. The Morgan fingerprint density at radius 2 is 1.68 bits per heavy atom. The van der Waals surface area contributed by atoms with Crippen molar-refractivity contribution in [3.63, 3.8) is 0 Å². The van der Waals surface area contributed by atoms with E-state index in [1.807, 2.05) is 19.1 Å². The molecule has 22 heavy (non-hydrogen) atoms. The first-order valence-corrected chi connectivity index (χ1v) is 7.04. The molecule has 0 aliphatic rings. The molecule has 4 heteroatoms. The summed E-state index contributed by atoms with van der Waals surface area (Å²) in [7, 11) is 1.55. The number of hydrogen-bond acceptors (Lipinski definition) is 2. The first-order valence-electron chi connectivity index (χ1n) is 7.04. The minimum Gasteiger partial charge on any atom is -0.332 e. The third kappa shape index (κ3) is 3.39. The smallest absolute Gasteiger partial charge is 0.254 e. The Morgan fingerprint density at radius 3 is 2.27 bits per heavy atom. The molecular weight excluding hydrogens is 281 g/mol. The van der Waals surface area contributed by atoms with E-state index in [4.69, 9.17) is 0 Å². The quantitative estimate of drug-likeness (QED) is 0.811. The molecule has 1 atom stereocenters. The van der Waals surface area contributed by atoms with E-state index in [2.05, 4.69) is 0 Å². The molecule has 0 fully saturated rings. The molecule has 2 aromatic carbocycles. The van der Waals surface area contributed by atoms with Gasteiger partial charge in [-0.3, -0.25) is 9.59 Å². The van der Waals surface area contributed by atoms with E-state index in [0.29, 0.717) is 5.56 Å². The summed E-state index contributed by atoms with van der Waals surface area (Å²) in [5.41, 5.74) is 1.84. The lowest BCUT2D eigenvalue weighted by Crippen LogP contribution is -2.40. The molecule has 0 aliphatic heterocycles. The van der Waals surface area contributed by atoms with Crippen LogP contribution in [0.15, 0.2) is 48.5 Å². The Bertz CT molecular complexity index is 694. The summed E-state index contributed by atoms with van der Waals surface area (Å²) >= 11 is 0. The molecule has 0 heterocycles. The number of Topliss-reactive ketones (excluding diaryl/α,β-unsaturated/α-hetero) is 1. The van der Waals surface area contributed by atoms with Crippen LogP contribution in [-0.4, -0.2) is 29.7 Å². The summed E-state index contributed by atoms with van der Waals surface area (Å²) in [4.78, 5) is 26.1. The number of halogens is 1. The van der Waals surface area contributed by atoms with Crippen LogP contribution >= 0.6 is 0 Å². The topological polar surface area (TPSA) is 37.4 Å². The summed E-state index contributed by atoms with van der Waals surface area (Å²) < 4.78 is 13.2. The van der Waals surface area contributed by atoms with Crippen LogP contribution in [-0.2, 0) is 0 Å². The fraction of sp³-hybridized carbons (Fsp3) is 0.222. The molecule has 2 rings (SSSR count). The van der Waals surface area contributed by atoms with Crippen molar-refractivity contribution in [2.75, 3.05) is 7.05 Å². The van der Waals surface area contributed by atoms with Gasteiger partial charge < -0.3 is 4.90 Å². The molecule has 1 unspecified atom stereocenters. The van der Waals surface area contributed by atoms with Gasteiger partial charge in [-0.1, -0.05) is 35.9 Å². The van der Waals surface area contributed by atoms with Gasteiger partial charge in [-0.2, -0.15) is 0 Å². The maximum Gasteiger partial charge on any atom is 0.254 e. The summed E-state index contributed by atoms with van der Waals surface area (Å²) in [6.07, 6.45) is 0. The van der Waals surface area contributed by atoms with Gasteiger partial charge in [0, 0.05) is 18.2 Å². The summed E-state index contributed by atoms with van der Waals surface area (Å²) in [6, 6.07) is 12.0. The fourth-order valence-electron chi connectivity index (χ4n) is 2.14. The average molecular weight is 299 g/mol. The number of rotatable bonds is 4. The molecule has 0 radical (unpaired) electrons. The van der Waals surface area contributed by atoms with E-state index in [9.17, 15) is 14.0 Å².